The molecular formula is C16H12NO3V. The molecule has 0 saturated carbocycles. The Bertz CT molecular complexity index is 444. The molecule has 1 aliphatic carbocycles. The van der Waals surface area contributed by atoms with E-state index in [2.05, 4.69) is 24.8 Å². The molecule has 0 amide bonds. The van der Waals surface area contributed by atoms with Gasteiger partial charge in [-0.3, -0.25) is 0 Å². The fourth-order valence-corrected chi connectivity index (χ4v) is 0.995. The molecule has 1 aromatic rings. The zero-order chi connectivity index (χ0) is 16.1. The van der Waals surface area contributed by atoms with Crippen LogP contribution in [0.4, 0.5) is 0 Å². The molecule has 0 saturated heterocycles. The van der Waals surface area contributed by atoms with Crippen molar-refractivity contribution in [2.24, 2.45) is 0 Å². The molecule has 4 nitrogen and oxygen atoms in total. The summed E-state index contributed by atoms with van der Waals surface area (Å²) in [4.78, 5) is 3.26. The summed E-state index contributed by atoms with van der Waals surface area (Å²) in [5, 5.41) is 0. The summed E-state index contributed by atoms with van der Waals surface area (Å²) in [5.74, 6) is 0. The molecule has 0 N–H and O–H groups in total. The third-order valence-corrected chi connectivity index (χ3v) is 1.66. The van der Waals surface area contributed by atoms with Crippen molar-refractivity contribution in [2.75, 3.05) is 0 Å². The van der Waals surface area contributed by atoms with Crippen molar-refractivity contribution in [1.29, 1.82) is 0 Å². The molecule has 1 aliphatic rings. The van der Waals surface area contributed by atoms with Crippen LogP contribution in [-0.2, 0) is 39.1 Å². The zero-order valence-electron chi connectivity index (χ0n) is 11.1. The largest absolute Gasteiger partial charge is 0.0767 e. The third-order valence-electron chi connectivity index (χ3n) is 1.66. The Kier molecular flexibility index (Phi) is 40.1. The monoisotopic (exact) mass is 317 g/mol. The van der Waals surface area contributed by atoms with Crippen LogP contribution in [0.3, 0.4) is 0 Å². The van der Waals surface area contributed by atoms with E-state index in [9.17, 15) is 0 Å². The number of rotatable bonds is 1. The first kappa shape index (κ1) is 27.4. The summed E-state index contributed by atoms with van der Waals surface area (Å²) in [6, 6.07) is 9.75. The van der Waals surface area contributed by atoms with Gasteiger partial charge in [0.05, 0.1) is 0 Å². The Morgan fingerprint density at radius 1 is 0.762 bits per heavy atom. The second-order valence-electron chi connectivity index (χ2n) is 2.76. The summed E-state index contributed by atoms with van der Waals surface area (Å²) in [6.07, 6.45) is 10.0. The van der Waals surface area contributed by atoms with Crippen molar-refractivity contribution in [3.63, 3.8) is 0 Å². The van der Waals surface area contributed by atoms with Crippen molar-refractivity contribution in [3.8, 4) is 0 Å². The van der Waals surface area contributed by atoms with Gasteiger partial charge in [-0.1, -0.05) is 54.6 Å². The average Bonchev–Trinajstić information content (AvgIpc) is 3.14. The smallest absolute Gasteiger partial charge is 0.00506 e. The molecule has 0 aliphatic heterocycles. The molecule has 0 unspecified atom stereocenters. The van der Waals surface area contributed by atoms with Crippen LogP contribution >= 0.6 is 0 Å². The maximum absolute atomic E-state index is 7.50. The Morgan fingerprint density at radius 2 is 1.19 bits per heavy atom. The summed E-state index contributed by atoms with van der Waals surface area (Å²) in [5.41, 5.74) is 1.09. The number of allylic oxidation sites excluding steroid dienone is 4. The number of hydrogen-bond acceptors (Lipinski definition) is 0. The minimum atomic E-state index is 0. The van der Waals surface area contributed by atoms with Crippen molar-refractivity contribution in [3.05, 3.63) is 98.0 Å². The van der Waals surface area contributed by atoms with Gasteiger partial charge in [0.15, 0.2) is 0 Å². The van der Waals surface area contributed by atoms with E-state index in [1.54, 1.807) is 0 Å². The van der Waals surface area contributed by atoms with Crippen LogP contribution in [0.2, 0.25) is 0 Å². The van der Waals surface area contributed by atoms with E-state index in [-0.39, 0.29) is 18.6 Å². The fraction of sp³-hybridized carbons (Fsp3) is 0.0625. The van der Waals surface area contributed by atoms with Gasteiger partial charge in [0.25, 0.3) is 0 Å². The standard InChI is InChI=1S/C8H7N.C5H5.3CO.V/c1-9-7-8-5-3-2-4-6-8;1-2-4-5-3-1;3*1-2;/h2-6H,7H2;1-5H;;;;. The quantitative estimate of drug-likeness (QED) is 0.563. The van der Waals surface area contributed by atoms with E-state index in [1.807, 2.05) is 61.1 Å². The molecule has 0 heterocycles. The van der Waals surface area contributed by atoms with Crippen LogP contribution in [0.1, 0.15) is 5.56 Å². The Hall–Kier alpha value is -2.01. The molecule has 0 bridgehead atoms. The van der Waals surface area contributed by atoms with Crippen LogP contribution in [-0.4, -0.2) is 0 Å². The van der Waals surface area contributed by atoms with Gasteiger partial charge in [0, 0.05) is 30.5 Å². The van der Waals surface area contributed by atoms with Gasteiger partial charge in [0.1, 0.15) is 0 Å². The predicted octanol–water partition coefficient (Wildman–Crippen LogP) is 3.31. The van der Waals surface area contributed by atoms with Gasteiger partial charge in [-0.25, -0.2) is 6.57 Å². The molecular weight excluding hydrogens is 305 g/mol. The second-order valence-corrected chi connectivity index (χ2v) is 2.76. The maximum atomic E-state index is 7.50. The van der Waals surface area contributed by atoms with Crippen LogP contribution < -0.4 is 0 Å². The van der Waals surface area contributed by atoms with E-state index >= 15 is 0 Å². The van der Waals surface area contributed by atoms with E-state index in [0.717, 1.165) is 5.56 Å². The summed E-state index contributed by atoms with van der Waals surface area (Å²) >= 11 is 0. The molecule has 1 aromatic carbocycles. The first-order valence-corrected chi connectivity index (χ1v) is 5.08. The van der Waals surface area contributed by atoms with Crippen molar-refractivity contribution in [2.45, 2.75) is 6.54 Å². The number of nitrogens with zero attached hydrogens (tertiary/aromatic N) is 1. The maximum Gasteiger partial charge on any atom is 0.00506 e. The Balaban J connectivity index is -0.000000104. The van der Waals surface area contributed by atoms with Crippen LogP contribution in [0.15, 0.2) is 54.6 Å². The van der Waals surface area contributed by atoms with Crippen molar-refractivity contribution < 1.29 is 32.5 Å². The zero-order valence-corrected chi connectivity index (χ0v) is 12.5. The average molecular weight is 317 g/mol. The topological polar surface area (TPSA) is 64.1 Å². The molecule has 0 fully saturated rings. The molecule has 0 spiro atoms. The second kappa shape index (κ2) is 30.8. The van der Waals surface area contributed by atoms with Crippen LogP contribution in [0.5, 0.6) is 0 Å². The molecule has 2 rings (SSSR count). The Labute approximate surface area is 137 Å². The van der Waals surface area contributed by atoms with Crippen LogP contribution in [0.25, 0.3) is 4.85 Å². The van der Waals surface area contributed by atoms with Gasteiger partial charge in [-0.15, -0.1) is 0 Å². The molecule has 21 heavy (non-hydrogen) atoms. The van der Waals surface area contributed by atoms with Crippen LogP contribution in [0, 0.1) is 32.9 Å². The first-order valence-electron chi connectivity index (χ1n) is 5.08. The van der Waals surface area contributed by atoms with Gasteiger partial charge in [-0.2, -0.15) is 0 Å². The number of benzene rings is 1. The molecule has 0 aromatic heterocycles. The first-order chi connectivity index (χ1) is 9.93. The Morgan fingerprint density at radius 3 is 1.48 bits per heavy atom. The van der Waals surface area contributed by atoms with Crippen molar-refractivity contribution >= 4 is 0 Å². The van der Waals surface area contributed by atoms with Gasteiger partial charge in [0.2, 0.25) is 6.54 Å². The summed E-state index contributed by atoms with van der Waals surface area (Å²) in [6.45, 7) is 20.6. The van der Waals surface area contributed by atoms with Crippen molar-refractivity contribution in [1.82, 2.24) is 0 Å². The van der Waals surface area contributed by atoms with E-state index in [1.165, 1.54) is 0 Å². The van der Waals surface area contributed by atoms with E-state index in [4.69, 9.17) is 20.5 Å². The van der Waals surface area contributed by atoms with E-state index < -0.39 is 0 Å². The minimum Gasteiger partial charge on any atom is -0.0767 e. The van der Waals surface area contributed by atoms with Gasteiger partial charge >= 0.3 is 33.9 Å². The van der Waals surface area contributed by atoms with Gasteiger partial charge < -0.3 is 4.85 Å². The molecule has 104 valence electrons. The SMILES string of the molecule is [C-]#[N+]Cc1ccccc1.[C-]#[O+].[C-]#[O+].[C-]#[O+].[CH]1C=CC=C1.[V]. The normalized spacial score (nSPS) is 8.05. The molecule has 5 heteroatoms. The minimum absolute atomic E-state index is 0. The fourth-order valence-electron chi connectivity index (χ4n) is 0.995. The summed E-state index contributed by atoms with van der Waals surface area (Å²) < 4.78 is 22.5. The van der Waals surface area contributed by atoms with Gasteiger partial charge in [-0.05, 0) is 0 Å². The molecule has 0 atom stereocenters. The predicted molar refractivity (Wildman–Crippen MR) is 71.1 cm³/mol. The third kappa shape index (κ3) is 23.5. The van der Waals surface area contributed by atoms with E-state index in [0.29, 0.717) is 6.54 Å². The summed E-state index contributed by atoms with van der Waals surface area (Å²) in [7, 11) is 0. The number of hydrogen-bond donors (Lipinski definition) is 0. The molecule has 2 radical (unpaired) electrons.